The predicted octanol–water partition coefficient (Wildman–Crippen LogP) is 1.57. The zero-order valence-electron chi connectivity index (χ0n) is 8.30. The molecular formula is C9H10BrN3OS. The van der Waals surface area contributed by atoms with Crippen molar-refractivity contribution in [1.29, 1.82) is 0 Å². The molecule has 1 saturated heterocycles. The number of thiophene rings is 1. The van der Waals surface area contributed by atoms with E-state index in [0.29, 0.717) is 5.96 Å². The monoisotopic (exact) mass is 287 g/mol. The summed E-state index contributed by atoms with van der Waals surface area (Å²) in [6, 6.07) is 1.66. The summed E-state index contributed by atoms with van der Waals surface area (Å²) in [5.74, 6) is 0.483. The third-order valence-corrected chi connectivity index (χ3v) is 4.37. The van der Waals surface area contributed by atoms with Crippen molar-refractivity contribution in [2.45, 2.75) is 13.0 Å². The fourth-order valence-corrected chi connectivity index (χ4v) is 2.98. The molecule has 80 valence electrons. The van der Waals surface area contributed by atoms with Gasteiger partial charge in [0.1, 0.15) is 6.04 Å². The van der Waals surface area contributed by atoms with Crippen molar-refractivity contribution < 1.29 is 4.79 Å². The number of guanidine groups is 1. The Morgan fingerprint density at radius 2 is 2.33 bits per heavy atom. The minimum atomic E-state index is -0.307. The molecule has 2 rings (SSSR count). The van der Waals surface area contributed by atoms with Crippen molar-refractivity contribution in [2.75, 3.05) is 7.05 Å². The highest BCUT2D eigenvalue weighted by molar-refractivity contribution is 9.10. The highest BCUT2D eigenvalue weighted by Crippen LogP contribution is 2.31. The van der Waals surface area contributed by atoms with Gasteiger partial charge in [0.25, 0.3) is 5.91 Å². The second kappa shape index (κ2) is 3.94. The van der Waals surface area contributed by atoms with E-state index in [1.54, 1.807) is 18.4 Å². The van der Waals surface area contributed by atoms with Crippen LogP contribution in [0.3, 0.4) is 0 Å². The van der Waals surface area contributed by atoms with Gasteiger partial charge in [-0.05, 0) is 28.9 Å². The summed E-state index contributed by atoms with van der Waals surface area (Å²) in [5.41, 5.74) is 0. The van der Waals surface area contributed by atoms with Crippen molar-refractivity contribution in [3.8, 4) is 0 Å². The molecule has 2 heterocycles. The number of nitrogens with zero attached hydrogens (tertiary/aromatic N) is 1. The Balaban J connectivity index is 2.29. The van der Waals surface area contributed by atoms with E-state index in [-0.39, 0.29) is 11.9 Å². The number of aryl methyl sites for hydroxylation is 1. The van der Waals surface area contributed by atoms with Crippen molar-refractivity contribution in [2.24, 2.45) is 4.99 Å². The maximum absolute atomic E-state index is 11.6. The molecule has 1 aromatic heterocycles. The topological polar surface area (TPSA) is 53.5 Å². The summed E-state index contributed by atoms with van der Waals surface area (Å²) in [6.45, 7) is 2.01. The Morgan fingerprint density at radius 3 is 2.80 bits per heavy atom. The molecule has 1 unspecified atom stereocenters. The highest BCUT2D eigenvalue weighted by atomic mass is 79.9. The molecule has 0 saturated carbocycles. The standard InChI is InChI=1S/C9H10BrN3OS/c1-4-5(10)3-6(15-4)7-8(14)13-9(11-2)12-7/h3,7H,1-2H3,(H2,11,12,13,14). The van der Waals surface area contributed by atoms with Gasteiger partial charge in [0.15, 0.2) is 5.96 Å². The molecule has 1 aromatic rings. The average molecular weight is 288 g/mol. The molecule has 1 aliphatic heterocycles. The molecule has 0 radical (unpaired) electrons. The molecule has 4 nitrogen and oxygen atoms in total. The lowest BCUT2D eigenvalue weighted by atomic mass is 10.2. The molecule has 15 heavy (non-hydrogen) atoms. The number of hydrogen-bond donors (Lipinski definition) is 2. The Labute approximate surface area is 99.9 Å². The first kappa shape index (κ1) is 10.6. The molecule has 6 heteroatoms. The fraction of sp³-hybridized carbons (Fsp3) is 0.333. The SMILES string of the molecule is CN=C1NC(=O)C(c2cc(Br)c(C)s2)N1. The Hall–Kier alpha value is -0.880. The van der Waals surface area contributed by atoms with Gasteiger partial charge in [0.05, 0.1) is 0 Å². The van der Waals surface area contributed by atoms with E-state index in [1.165, 1.54) is 4.88 Å². The number of carbonyl (C=O) groups is 1. The van der Waals surface area contributed by atoms with E-state index < -0.39 is 0 Å². The summed E-state index contributed by atoms with van der Waals surface area (Å²) in [6.07, 6.45) is 0. The van der Waals surface area contributed by atoms with Gasteiger partial charge in [-0.25, -0.2) is 0 Å². The van der Waals surface area contributed by atoms with E-state index in [9.17, 15) is 4.79 Å². The first-order valence-corrected chi connectivity index (χ1v) is 6.03. The molecule has 0 bridgehead atoms. The number of halogens is 1. The Morgan fingerprint density at radius 1 is 1.60 bits per heavy atom. The quantitative estimate of drug-likeness (QED) is 0.824. The summed E-state index contributed by atoms with van der Waals surface area (Å²) in [7, 11) is 1.64. The number of nitrogens with one attached hydrogen (secondary N) is 2. The van der Waals surface area contributed by atoms with Crippen LogP contribution in [0, 0.1) is 6.92 Å². The first-order chi connectivity index (χ1) is 7.11. The Bertz CT molecular complexity index is 421. The van der Waals surface area contributed by atoms with Crippen molar-refractivity contribution >= 4 is 39.1 Å². The highest BCUT2D eigenvalue weighted by Gasteiger charge is 2.30. The normalized spacial score (nSPS) is 23.0. The summed E-state index contributed by atoms with van der Waals surface area (Å²) in [4.78, 5) is 17.7. The van der Waals surface area contributed by atoms with Crippen LogP contribution in [0.5, 0.6) is 0 Å². The molecule has 1 aliphatic rings. The summed E-state index contributed by atoms with van der Waals surface area (Å²) in [5, 5.41) is 5.70. The van der Waals surface area contributed by atoms with E-state index in [2.05, 4.69) is 31.6 Å². The molecule has 0 spiro atoms. The minimum Gasteiger partial charge on any atom is -0.340 e. The van der Waals surface area contributed by atoms with Crippen molar-refractivity contribution in [1.82, 2.24) is 10.6 Å². The molecular weight excluding hydrogens is 278 g/mol. The van der Waals surface area contributed by atoms with Crippen LogP contribution in [0.1, 0.15) is 15.8 Å². The molecule has 1 fully saturated rings. The molecule has 2 N–H and O–H groups in total. The van der Waals surface area contributed by atoms with Crippen LogP contribution in [0.4, 0.5) is 0 Å². The zero-order chi connectivity index (χ0) is 11.0. The number of aliphatic imine (C=N–C) groups is 1. The third-order valence-electron chi connectivity index (χ3n) is 2.17. The van der Waals surface area contributed by atoms with Gasteiger partial charge in [0.2, 0.25) is 0 Å². The zero-order valence-corrected chi connectivity index (χ0v) is 10.7. The smallest absolute Gasteiger partial charge is 0.254 e. The maximum atomic E-state index is 11.6. The molecule has 0 aliphatic carbocycles. The van der Waals surface area contributed by atoms with E-state index >= 15 is 0 Å². The third kappa shape index (κ3) is 1.91. The van der Waals surface area contributed by atoms with Gasteiger partial charge < -0.3 is 5.32 Å². The van der Waals surface area contributed by atoms with Crippen molar-refractivity contribution in [3.63, 3.8) is 0 Å². The summed E-state index contributed by atoms with van der Waals surface area (Å²) < 4.78 is 1.04. The van der Waals surface area contributed by atoms with Crippen LogP contribution in [-0.4, -0.2) is 18.9 Å². The van der Waals surface area contributed by atoms with Gasteiger partial charge in [0, 0.05) is 21.3 Å². The maximum Gasteiger partial charge on any atom is 0.254 e. The number of carbonyl (C=O) groups excluding carboxylic acids is 1. The van der Waals surface area contributed by atoms with Crippen LogP contribution in [0.25, 0.3) is 0 Å². The first-order valence-electron chi connectivity index (χ1n) is 4.42. The largest absolute Gasteiger partial charge is 0.340 e. The lowest BCUT2D eigenvalue weighted by molar-refractivity contribution is -0.120. The van der Waals surface area contributed by atoms with E-state index in [1.807, 2.05) is 13.0 Å². The van der Waals surface area contributed by atoms with Crippen LogP contribution in [-0.2, 0) is 4.79 Å². The lowest BCUT2D eigenvalue weighted by Gasteiger charge is -2.03. The second-order valence-corrected chi connectivity index (χ2v) is 5.33. The van der Waals surface area contributed by atoms with Gasteiger partial charge in [-0.1, -0.05) is 0 Å². The Kier molecular flexibility index (Phi) is 2.79. The summed E-state index contributed by atoms with van der Waals surface area (Å²) >= 11 is 5.04. The van der Waals surface area contributed by atoms with E-state index in [0.717, 1.165) is 9.35 Å². The average Bonchev–Trinajstić information content (AvgIpc) is 2.71. The minimum absolute atomic E-state index is 0.0515. The lowest BCUT2D eigenvalue weighted by Crippen LogP contribution is -2.24. The van der Waals surface area contributed by atoms with E-state index in [4.69, 9.17) is 0 Å². The molecule has 1 amide bonds. The second-order valence-electron chi connectivity index (χ2n) is 3.19. The van der Waals surface area contributed by atoms with Gasteiger partial charge in [-0.2, -0.15) is 0 Å². The van der Waals surface area contributed by atoms with Gasteiger partial charge in [-0.15, -0.1) is 11.3 Å². The van der Waals surface area contributed by atoms with Crippen LogP contribution in [0.2, 0.25) is 0 Å². The van der Waals surface area contributed by atoms with Crippen LogP contribution < -0.4 is 10.6 Å². The van der Waals surface area contributed by atoms with Gasteiger partial charge in [-0.3, -0.25) is 15.1 Å². The fourth-order valence-electron chi connectivity index (χ4n) is 1.37. The van der Waals surface area contributed by atoms with Crippen molar-refractivity contribution in [3.05, 3.63) is 20.3 Å². The number of hydrogen-bond acceptors (Lipinski definition) is 3. The molecule has 0 aromatic carbocycles. The predicted molar refractivity (Wildman–Crippen MR) is 64.1 cm³/mol. The van der Waals surface area contributed by atoms with Gasteiger partial charge >= 0.3 is 0 Å². The van der Waals surface area contributed by atoms with Crippen LogP contribution >= 0.6 is 27.3 Å². The molecule has 1 atom stereocenters. The number of amides is 1. The number of rotatable bonds is 1. The van der Waals surface area contributed by atoms with Crippen LogP contribution in [0.15, 0.2) is 15.5 Å².